The van der Waals surface area contributed by atoms with E-state index in [9.17, 15) is 13.2 Å². The van der Waals surface area contributed by atoms with Crippen LogP contribution in [0.5, 0.6) is 0 Å². The number of hydrogen-bond acceptors (Lipinski definition) is 4. The fourth-order valence-corrected chi connectivity index (χ4v) is 5.90. The molecule has 1 saturated carbocycles. The van der Waals surface area contributed by atoms with Crippen molar-refractivity contribution in [3.8, 4) is 0 Å². The normalized spacial score (nSPS) is 23.2. The maximum absolute atomic E-state index is 12.8. The summed E-state index contributed by atoms with van der Waals surface area (Å²) in [6.45, 7) is 10.5. The van der Waals surface area contributed by atoms with E-state index in [0.29, 0.717) is 18.0 Å². The molecule has 0 bridgehead atoms. The van der Waals surface area contributed by atoms with Crippen molar-refractivity contribution >= 4 is 15.7 Å². The molecule has 1 aliphatic heterocycles. The van der Waals surface area contributed by atoms with Gasteiger partial charge in [0, 0.05) is 17.2 Å². The van der Waals surface area contributed by atoms with Gasteiger partial charge in [0.1, 0.15) is 5.69 Å². The summed E-state index contributed by atoms with van der Waals surface area (Å²) in [5, 5.41) is 7.64. The third-order valence-corrected chi connectivity index (χ3v) is 6.72. The standard InChI is InChI=1S/C19H31N3O3S/c1-18(2,3)12-19(4,5)20-17(23)15-10-16(13-6-7-13)22(21-15)14-8-9-26(24,25)11-14/h10,13-14H,6-9,11-12H2,1-5H3,(H,20,23). The number of sulfone groups is 1. The molecule has 0 radical (unpaired) electrons. The van der Waals surface area contributed by atoms with Gasteiger partial charge in [-0.2, -0.15) is 5.10 Å². The first-order chi connectivity index (χ1) is 11.9. The molecule has 1 aliphatic carbocycles. The Hall–Kier alpha value is -1.37. The maximum atomic E-state index is 12.8. The van der Waals surface area contributed by atoms with Gasteiger partial charge in [0.2, 0.25) is 0 Å². The van der Waals surface area contributed by atoms with Crippen LogP contribution in [-0.2, 0) is 9.84 Å². The van der Waals surface area contributed by atoms with Gasteiger partial charge in [-0.05, 0) is 51.0 Å². The Morgan fingerprint density at radius 3 is 2.38 bits per heavy atom. The highest BCUT2D eigenvalue weighted by molar-refractivity contribution is 7.91. The van der Waals surface area contributed by atoms with E-state index in [0.717, 1.165) is 25.0 Å². The second-order valence-electron chi connectivity index (χ2n) is 9.81. The molecule has 1 aromatic rings. The monoisotopic (exact) mass is 381 g/mol. The molecule has 1 aromatic heterocycles. The van der Waals surface area contributed by atoms with Crippen molar-refractivity contribution in [2.45, 2.75) is 77.8 Å². The van der Waals surface area contributed by atoms with Crippen LogP contribution in [0, 0.1) is 5.41 Å². The minimum atomic E-state index is -2.99. The quantitative estimate of drug-likeness (QED) is 0.850. The van der Waals surface area contributed by atoms with Crippen molar-refractivity contribution in [1.29, 1.82) is 0 Å². The second kappa shape index (κ2) is 6.36. The van der Waals surface area contributed by atoms with Crippen LogP contribution in [0.2, 0.25) is 0 Å². The first-order valence-corrected chi connectivity index (χ1v) is 11.3. The summed E-state index contributed by atoms with van der Waals surface area (Å²) in [5.74, 6) is 0.572. The van der Waals surface area contributed by atoms with Crippen molar-refractivity contribution in [3.63, 3.8) is 0 Å². The van der Waals surface area contributed by atoms with Crippen LogP contribution >= 0.6 is 0 Å². The molecule has 0 aromatic carbocycles. The number of carbonyl (C=O) groups is 1. The lowest BCUT2D eigenvalue weighted by molar-refractivity contribution is 0.0885. The molecule has 1 unspecified atom stereocenters. The van der Waals surface area contributed by atoms with Crippen molar-refractivity contribution in [2.24, 2.45) is 5.41 Å². The molecule has 1 N–H and O–H groups in total. The molecule has 26 heavy (non-hydrogen) atoms. The smallest absolute Gasteiger partial charge is 0.272 e. The third kappa shape index (κ3) is 4.67. The summed E-state index contributed by atoms with van der Waals surface area (Å²) >= 11 is 0. The van der Waals surface area contributed by atoms with E-state index in [4.69, 9.17) is 0 Å². The fraction of sp³-hybridized carbons (Fsp3) is 0.789. The summed E-state index contributed by atoms with van der Waals surface area (Å²) < 4.78 is 25.5. The zero-order valence-electron chi connectivity index (χ0n) is 16.5. The van der Waals surface area contributed by atoms with Crippen LogP contribution in [0.4, 0.5) is 0 Å². The lowest BCUT2D eigenvalue weighted by Gasteiger charge is -2.33. The summed E-state index contributed by atoms with van der Waals surface area (Å²) in [4.78, 5) is 12.8. The minimum Gasteiger partial charge on any atom is -0.346 e. The summed E-state index contributed by atoms with van der Waals surface area (Å²) in [6, 6.07) is 1.73. The molecule has 6 nitrogen and oxygen atoms in total. The Morgan fingerprint density at radius 2 is 1.88 bits per heavy atom. The Kier molecular flexibility index (Phi) is 4.74. The first-order valence-electron chi connectivity index (χ1n) is 9.48. The van der Waals surface area contributed by atoms with Crippen molar-refractivity contribution in [1.82, 2.24) is 15.1 Å². The lowest BCUT2D eigenvalue weighted by Crippen LogP contribution is -2.46. The zero-order valence-corrected chi connectivity index (χ0v) is 17.3. The van der Waals surface area contributed by atoms with Crippen molar-refractivity contribution in [2.75, 3.05) is 11.5 Å². The largest absolute Gasteiger partial charge is 0.346 e. The molecule has 2 fully saturated rings. The van der Waals surface area contributed by atoms with E-state index < -0.39 is 9.84 Å². The summed E-state index contributed by atoms with van der Waals surface area (Å²) in [7, 11) is -2.99. The highest BCUT2D eigenvalue weighted by atomic mass is 32.2. The zero-order chi connectivity index (χ0) is 19.3. The molecule has 1 amide bonds. The van der Waals surface area contributed by atoms with E-state index in [1.54, 1.807) is 0 Å². The van der Waals surface area contributed by atoms with E-state index in [1.807, 2.05) is 24.6 Å². The predicted octanol–water partition coefficient (Wildman–Crippen LogP) is 3.06. The molecular formula is C19H31N3O3S. The molecule has 3 rings (SSSR count). The van der Waals surface area contributed by atoms with Gasteiger partial charge in [-0.15, -0.1) is 0 Å². The fourth-order valence-electron chi connectivity index (χ4n) is 4.21. The van der Waals surface area contributed by atoms with E-state index in [1.165, 1.54) is 0 Å². The number of aromatic nitrogens is 2. The van der Waals surface area contributed by atoms with Gasteiger partial charge in [0.25, 0.3) is 5.91 Å². The number of hydrogen-bond donors (Lipinski definition) is 1. The number of amides is 1. The number of rotatable bonds is 5. The Bertz CT molecular complexity index is 798. The van der Waals surface area contributed by atoms with E-state index in [-0.39, 0.29) is 34.4 Å². The average molecular weight is 382 g/mol. The molecule has 0 spiro atoms. The Labute approximate surface area is 156 Å². The molecule has 7 heteroatoms. The highest BCUT2D eigenvalue weighted by Gasteiger charge is 2.36. The van der Waals surface area contributed by atoms with Gasteiger partial charge in [0.15, 0.2) is 9.84 Å². The lowest BCUT2D eigenvalue weighted by atomic mass is 9.82. The Balaban J connectivity index is 1.80. The van der Waals surface area contributed by atoms with Crippen LogP contribution < -0.4 is 5.32 Å². The number of nitrogens with zero attached hydrogens (tertiary/aromatic N) is 2. The number of carbonyl (C=O) groups excluding carboxylic acids is 1. The SMILES string of the molecule is CC(C)(C)CC(C)(C)NC(=O)c1cc(C2CC2)n(C2CCS(=O)(=O)C2)n1. The molecule has 1 saturated heterocycles. The van der Waals surface area contributed by atoms with Gasteiger partial charge in [-0.3, -0.25) is 9.48 Å². The van der Waals surface area contributed by atoms with Crippen LogP contribution in [0.3, 0.4) is 0 Å². The van der Waals surface area contributed by atoms with Crippen LogP contribution in [0.1, 0.15) is 88.4 Å². The molecule has 146 valence electrons. The van der Waals surface area contributed by atoms with Gasteiger partial charge >= 0.3 is 0 Å². The van der Waals surface area contributed by atoms with Gasteiger partial charge in [-0.25, -0.2) is 8.42 Å². The average Bonchev–Trinajstić information content (AvgIpc) is 3.08. The van der Waals surface area contributed by atoms with E-state index >= 15 is 0 Å². The van der Waals surface area contributed by atoms with Gasteiger partial charge in [0.05, 0.1) is 17.5 Å². The van der Waals surface area contributed by atoms with Crippen LogP contribution in [-0.4, -0.2) is 41.2 Å². The maximum Gasteiger partial charge on any atom is 0.272 e. The third-order valence-electron chi connectivity index (χ3n) is 4.97. The van der Waals surface area contributed by atoms with Crippen molar-refractivity contribution < 1.29 is 13.2 Å². The van der Waals surface area contributed by atoms with Gasteiger partial charge in [-0.1, -0.05) is 20.8 Å². The van der Waals surface area contributed by atoms with Crippen LogP contribution in [0.15, 0.2) is 6.07 Å². The molecule has 1 atom stereocenters. The second-order valence-corrected chi connectivity index (χ2v) is 12.0. The summed E-state index contributed by atoms with van der Waals surface area (Å²) in [6.07, 6.45) is 3.60. The summed E-state index contributed by atoms with van der Waals surface area (Å²) in [5.41, 5.74) is 1.19. The minimum absolute atomic E-state index is 0.105. The molecular weight excluding hydrogens is 350 g/mol. The molecule has 2 heterocycles. The molecule has 2 aliphatic rings. The predicted molar refractivity (Wildman–Crippen MR) is 102 cm³/mol. The van der Waals surface area contributed by atoms with Crippen LogP contribution in [0.25, 0.3) is 0 Å². The highest BCUT2D eigenvalue weighted by Crippen LogP contribution is 2.42. The number of nitrogens with one attached hydrogen (secondary N) is 1. The Morgan fingerprint density at radius 1 is 1.23 bits per heavy atom. The van der Waals surface area contributed by atoms with Gasteiger partial charge < -0.3 is 5.32 Å². The first kappa shape index (κ1) is 19.4. The topological polar surface area (TPSA) is 81.1 Å². The van der Waals surface area contributed by atoms with Crippen molar-refractivity contribution in [3.05, 3.63) is 17.5 Å². The van der Waals surface area contributed by atoms with E-state index in [2.05, 4.69) is 31.2 Å².